The summed E-state index contributed by atoms with van der Waals surface area (Å²) in [5.41, 5.74) is 2.11. The highest BCUT2D eigenvalue weighted by Gasteiger charge is 2.17. The van der Waals surface area contributed by atoms with Gasteiger partial charge in [0.15, 0.2) is 11.5 Å². The van der Waals surface area contributed by atoms with E-state index in [0.29, 0.717) is 35.2 Å². The molecule has 0 saturated carbocycles. The van der Waals surface area contributed by atoms with E-state index >= 15 is 0 Å². The lowest BCUT2D eigenvalue weighted by Crippen LogP contribution is -2.25. The third-order valence-corrected chi connectivity index (χ3v) is 4.61. The van der Waals surface area contributed by atoms with Crippen LogP contribution in [0.2, 0.25) is 0 Å². The number of anilines is 2. The number of rotatable bonds is 6. The largest absolute Gasteiger partial charge is 0.454 e. The lowest BCUT2D eigenvalue weighted by molar-refractivity contribution is 0.102. The van der Waals surface area contributed by atoms with Crippen LogP contribution in [0.25, 0.3) is 0 Å². The monoisotopic (exact) mass is 390 g/mol. The summed E-state index contributed by atoms with van der Waals surface area (Å²) in [6.45, 7) is 5.50. The second-order valence-corrected chi connectivity index (χ2v) is 6.68. The van der Waals surface area contributed by atoms with Crippen molar-refractivity contribution in [2.75, 3.05) is 23.6 Å². The van der Waals surface area contributed by atoms with Gasteiger partial charge in [-0.15, -0.1) is 0 Å². The summed E-state index contributed by atoms with van der Waals surface area (Å²) in [6.07, 6.45) is 0. The molecule has 0 atom stereocenters. The van der Waals surface area contributed by atoms with Crippen LogP contribution in [-0.4, -0.2) is 29.2 Å². The van der Waals surface area contributed by atoms with Gasteiger partial charge in [0, 0.05) is 30.9 Å². The number of aryl methyl sites for hydroxylation is 1. The molecule has 3 aromatic rings. The summed E-state index contributed by atoms with van der Waals surface area (Å²) in [7, 11) is 0. The quantitative estimate of drug-likeness (QED) is 0.690. The maximum atomic E-state index is 12.8. The SMILES string of the molecule is CCN(Cc1ccccc1)c1cc(C(=O)Nc2ccc3c(c2)OCO3)nc(C)n1. The van der Waals surface area contributed by atoms with Gasteiger partial charge in [-0.1, -0.05) is 30.3 Å². The molecule has 1 N–H and O–H groups in total. The van der Waals surface area contributed by atoms with Crippen LogP contribution < -0.4 is 19.7 Å². The average molecular weight is 390 g/mol. The van der Waals surface area contributed by atoms with Gasteiger partial charge in [-0.3, -0.25) is 4.79 Å². The molecule has 1 amide bonds. The number of amides is 1. The van der Waals surface area contributed by atoms with Crippen molar-refractivity contribution in [2.24, 2.45) is 0 Å². The maximum Gasteiger partial charge on any atom is 0.274 e. The van der Waals surface area contributed by atoms with E-state index in [9.17, 15) is 4.79 Å². The fourth-order valence-electron chi connectivity index (χ4n) is 3.16. The first-order valence-corrected chi connectivity index (χ1v) is 9.48. The topological polar surface area (TPSA) is 76.6 Å². The predicted octanol–water partition coefficient (Wildman–Crippen LogP) is 3.79. The number of carbonyl (C=O) groups is 1. The minimum absolute atomic E-state index is 0.190. The van der Waals surface area contributed by atoms with Gasteiger partial charge >= 0.3 is 0 Å². The summed E-state index contributed by atoms with van der Waals surface area (Å²) >= 11 is 0. The van der Waals surface area contributed by atoms with Crippen molar-refractivity contribution in [1.29, 1.82) is 0 Å². The van der Waals surface area contributed by atoms with Crippen molar-refractivity contribution >= 4 is 17.4 Å². The second-order valence-electron chi connectivity index (χ2n) is 6.68. The van der Waals surface area contributed by atoms with E-state index in [2.05, 4.69) is 39.2 Å². The Morgan fingerprint density at radius 2 is 1.86 bits per heavy atom. The van der Waals surface area contributed by atoms with Crippen molar-refractivity contribution in [1.82, 2.24) is 9.97 Å². The number of fused-ring (bicyclic) bond motifs is 1. The number of hydrogen-bond acceptors (Lipinski definition) is 6. The second kappa shape index (κ2) is 8.18. The molecule has 29 heavy (non-hydrogen) atoms. The van der Waals surface area contributed by atoms with E-state index in [-0.39, 0.29) is 12.7 Å². The summed E-state index contributed by atoms with van der Waals surface area (Å²) in [5.74, 6) is 2.25. The van der Waals surface area contributed by atoms with Crippen LogP contribution in [0, 0.1) is 6.92 Å². The van der Waals surface area contributed by atoms with Crippen molar-refractivity contribution in [3.05, 3.63) is 71.7 Å². The van der Waals surface area contributed by atoms with Crippen LogP contribution in [0.1, 0.15) is 28.8 Å². The Morgan fingerprint density at radius 1 is 1.07 bits per heavy atom. The molecule has 7 heteroatoms. The third kappa shape index (κ3) is 4.29. The molecule has 0 spiro atoms. The first-order valence-electron chi connectivity index (χ1n) is 9.48. The minimum atomic E-state index is -0.300. The fourth-order valence-corrected chi connectivity index (χ4v) is 3.16. The number of carbonyl (C=O) groups excluding carboxylic acids is 1. The Balaban J connectivity index is 1.54. The highest BCUT2D eigenvalue weighted by atomic mass is 16.7. The molecular formula is C22H22N4O3. The smallest absolute Gasteiger partial charge is 0.274 e. The van der Waals surface area contributed by atoms with E-state index in [0.717, 1.165) is 12.4 Å². The fraction of sp³-hybridized carbons (Fsp3) is 0.227. The number of ether oxygens (including phenoxy) is 2. The Morgan fingerprint density at radius 3 is 2.66 bits per heavy atom. The van der Waals surface area contributed by atoms with Crippen molar-refractivity contribution < 1.29 is 14.3 Å². The number of benzene rings is 2. The number of hydrogen-bond donors (Lipinski definition) is 1. The highest BCUT2D eigenvalue weighted by Crippen LogP contribution is 2.34. The molecule has 2 heterocycles. The van der Waals surface area contributed by atoms with Crippen LogP contribution in [-0.2, 0) is 6.54 Å². The van der Waals surface area contributed by atoms with Crippen molar-refractivity contribution in [3.8, 4) is 11.5 Å². The van der Waals surface area contributed by atoms with Crippen LogP contribution in [0.5, 0.6) is 11.5 Å². The van der Waals surface area contributed by atoms with Gasteiger partial charge in [0.25, 0.3) is 5.91 Å². The molecule has 0 fully saturated rings. The average Bonchev–Trinajstić information content (AvgIpc) is 3.20. The Labute approximate surface area is 169 Å². The summed E-state index contributed by atoms with van der Waals surface area (Å²) in [6, 6.07) is 17.2. The summed E-state index contributed by atoms with van der Waals surface area (Å²) in [4.78, 5) is 23.8. The Kier molecular flexibility index (Phi) is 5.29. The number of nitrogens with one attached hydrogen (secondary N) is 1. The number of aromatic nitrogens is 2. The standard InChI is InChI=1S/C22H22N4O3/c1-3-26(13-16-7-5-4-6-8-16)21-12-18(23-15(2)24-21)22(27)25-17-9-10-19-20(11-17)29-14-28-19/h4-12H,3,13-14H2,1-2H3,(H,25,27). The lowest BCUT2D eigenvalue weighted by Gasteiger charge is -2.22. The first-order chi connectivity index (χ1) is 14.1. The van der Waals surface area contributed by atoms with Crippen LogP contribution in [0.15, 0.2) is 54.6 Å². The molecule has 2 aromatic carbocycles. The zero-order chi connectivity index (χ0) is 20.2. The van der Waals surface area contributed by atoms with E-state index in [1.54, 1.807) is 31.2 Å². The Hall–Kier alpha value is -3.61. The van der Waals surface area contributed by atoms with E-state index in [4.69, 9.17) is 9.47 Å². The van der Waals surface area contributed by atoms with Crippen molar-refractivity contribution in [2.45, 2.75) is 20.4 Å². The number of nitrogens with zero attached hydrogens (tertiary/aromatic N) is 3. The van der Waals surface area contributed by atoms with Crippen molar-refractivity contribution in [3.63, 3.8) is 0 Å². The molecule has 7 nitrogen and oxygen atoms in total. The molecule has 1 aliphatic heterocycles. The molecule has 0 saturated heterocycles. The van der Waals surface area contributed by atoms with Gasteiger partial charge in [0.05, 0.1) is 0 Å². The van der Waals surface area contributed by atoms with E-state index in [1.807, 2.05) is 18.2 Å². The van der Waals surface area contributed by atoms with E-state index in [1.165, 1.54) is 5.56 Å². The molecule has 148 valence electrons. The van der Waals surface area contributed by atoms with Gasteiger partial charge in [-0.25, -0.2) is 9.97 Å². The van der Waals surface area contributed by atoms with Crippen LogP contribution >= 0.6 is 0 Å². The first kappa shape index (κ1) is 18.7. The molecular weight excluding hydrogens is 368 g/mol. The summed E-state index contributed by atoms with van der Waals surface area (Å²) in [5, 5.41) is 2.87. The molecule has 0 aliphatic carbocycles. The van der Waals surface area contributed by atoms with E-state index < -0.39 is 0 Å². The van der Waals surface area contributed by atoms with Gasteiger partial charge < -0.3 is 19.7 Å². The van der Waals surface area contributed by atoms with Gasteiger partial charge in [0.2, 0.25) is 6.79 Å². The maximum absolute atomic E-state index is 12.8. The Bertz CT molecular complexity index is 1020. The molecule has 1 aromatic heterocycles. The predicted molar refractivity (Wildman–Crippen MR) is 110 cm³/mol. The lowest BCUT2D eigenvalue weighted by atomic mass is 10.2. The highest BCUT2D eigenvalue weighted by molar-refractivity contribution is 6.03. The third-order valence-electron chi connectivity index (χ3n) is 4.61. The van der Waals surface area contributed by atoms with Crippen LogP contribution in [0.3, 0.4) is 0 Å². The molecule has 0 bridgehead atoms. The molecule has 4 rings (SSSR count). The summed E-state index contributed by atoms with van der Waals surface area (Å²) < 4.78 is 10.7. The van der Waals surface area contributed by atoms with Crippen LogP contribution in [0.4, 0.5) is 11.5 Å². The minimum Gasteiger partial charge on any atom is -0.454 e. The molecule has 0 radical (unpaired) electrons. The van der Waals surface area contributed by atoms with Gasteiger partial charge in [0.1, 0.15) is 17.3 Å². The zero-order valence-electron chi connectivity index (χ0n) is 16.4. The molecule has 1 aliphatic rings. The van der Waals surface area contributed by atoms with Gasteiger partial charge in [-0.05, 0) is 31.5 Å². The normalized spacial score (nSPS) is 11.9. The zero-order valence-corrected chi connectivity index (χ0v) is 16.4. The van der Waals surface area contributed by atoms with Gasteiger partial charge in [-0.2, -0.15) is 0 Å². The molecule has 0 unspecified atom stereocenters.